The molecule has 0 unspecified atom stereocenters. The Morgan fingerprint density at radius 2 is 1.66 bits per heavy atom. The molecule has 0 fully saturated rings. The Hall–Kier alpha value is -4.75. The Morgan fingerprint density at radius 1 is 0.947 bits per heavy atom. The number of hydrogen-bond donors (Lipinski definition) is 1. The van der Waals surface area contributed by atoms with Crippen LogP contribution in [0.2, 0.25) is 0 Å². The van der Waals surface area contributed by atoms with E-state index in [4.69, 9.17) is 10.5 Å². The van der Waals surface area contributed by atoms with Gasteiger partial charge in [-0.15, -0.1) is 0 Å². The fourth-order valence-electron chi connectivity index (χ4n) is 6.53. The average molecular weight is 505 g/mol. The molecule has 3 amide bonds. The van der Waals surface area contributed by atoms with Gasteiger partial charge in [-0.05, 0) is 66.3 Å². The summed E-state index contributed by atoms with van der Waals surface area (Å²) in [5, 5.41) is 6.88. The maximum absolute atomic E-state index is 14.2. The lowest BCUT2D eigenvalue weighted by Gasteiger charge is -2.45. The van der Waals surface area contributed by atoms with Crippen molar-refractivity contribution in [3.05, 3.63) is 105 Å². The van der Waals surface area contributed by atoms with Gasteiger partial charge in [-0.2, -0.15) is 0 Å². The predicted octanol–water partition coefficient (Wildman–Crippen LogP) is 5.23. The number of fused-ring (bicyclic) bond motifs is 3. The molecule has 6 rings (SSSR count). The fraction of sp³-hybridized carbons (Fsp3) is 0.241. The molecular formula is C29H24N6O3. The summed E-state index contributed by atoms with van der Waals surface area (Å²) in [6.07, 6.45) is 2.29. The molecule has 2 atom stereocenters. The smallest absolute Gasteiger partial charge is 0.261 e. The Labute approximate surface area is 218 Å². The predicted molar refractivity (Wildman–Crippen MR) is 143 cm³/mol. The minimum atomic E-state index is -1.22. The van der Waals surface area contributed by atoms with Gasteiger partial charge in [-0.25, -0.2) is 0 Å². The molecule has 38 heavy (non-hydrogen) atoms. The molecule has 3 aliphatic heterocycles. The van der Waals surface area contributed by atoms with Crippen LogP contribution in [0, 0.1) is 6.92 Å². The molecule has 0 bridgehead atoms. The van der Waals surface area contributed by atoms with E-state index in [0.29, 0.717) is 23.2 Å². The molecule has 0 spiro atoms. The first kappa shape index (κ1) is 23.6. The van der Waals surface area contributed by atoms with Crippen molar-refractivity contribution in [3.63, 3.8) is 0 Å². The van der Waals surface area contributed by atoms with Crippen molar-refractivity contribution in [2.75, 3.05) is 18.4 Å². The van der Waals surface area contributed by atoms with Crippen molar-refractivity contribution in [2.24, 2.45) is 10.1 Å². The van der Waals surface area contributed by atoms with E-state index >= 15 is 0 Å². The number of amides is 3. The number of hydrogen-bond acceptors (Lipinski definition) is 5. The highest BCUT2D eigenvalue weighted by Gasteiger charge is 2.62. The number of benzene rings is 3. The Morgan fingerprint density at radius 3 is 2.39 bits per heavy atom. The third-order valence-corrected chi connectivity index (χ3v) is 8.16. The van der Waals surface area contributed by atoms with Gasteiger partial charge in [-0.3, -0.25) is 24.3 Å². The zero-order valence-corrected chi connectivity index (χ0v) is 20.7. The molecule has 9 heteroatoms. The molecule has 0 saturated heterocycles. The molecule has 3 aromatic rings. The molecule has 9 nitrogen and oxygen atoms in total. The van der Waals surface area contributed by atoms with Gasteiger partial charge in [0.1, 0.15) is 0 Å². The molecule has 1 N–H and O–H groups in total. The van der Waals surface area contributed by atoms with E-state index < -0.39 is 10.8 Å². The number of imide groups is 1. The van der Waals surface area contributed by atoms with Gasteiger partial charge >= 0.3 is 0 Å². The second-order valence-corrected chi connectivity index (χ2v) is 9.87. The SMILES string of the molecule is Cc1cccc2c1[C@@](CCN=[N+]=[N-])([C@]1(CCN3C(=O)c4ccccc4C3=O)C(=O)Nc3ccccc31)C=N2. The van der Waals surface area contributed by atoms with E-state index in [0.717, 1.165) is 22.4 Å². The summed E-state index contributed by atoms with van der Waals surface area (Å²) in [5.74, 6) is -0.974. The van der Waals surface area contributed by atoms with Gasteiger partial charge in [0.25, 0.3) is 11.8 Å². The number of anilines is 1. The van der Waals surface area contributed by atoms with E-state index in [1.54, 1.807) is 24.3 Å². The number of nitrogens with zero attached hydrogens (tertiary/aromatic N) is 5. The summed E-state index contributed by atoms with van der Waals surface area (Å²) >= 11 is 0. The van der Waals surface area contributed by atoms with Gasteiger partial charge in [0.2, 0.25) is 5.91 Å². The number of rotatable bonds is 7. The van der Waals surface area contributed by atoms with Crippen LogP contribution in [-0.2, 0) is 15.6 Å². The van der Waals surface area contributed by atoms with Crippen LogP contribution in [0.15, 0.2) is 76.8 Å². The molecule has 3 aromatic carbocycles. The minimum Gasteiger partial charge on any atom is -0.325 e. The van der Waals surface area contributed by atoms with Crippen LogP contribution in [0.1, 0.15) is 50.2 Å². The first-order valence-electron chi connectivity index (χ1n) is 12.5. The van der Waals surface area contributed by atoms with Crippen molar-refractivity contribution in [2.45, 2.75) is 30.6 Å². The minimum absolute atomic E-state index is 0.0342. The first-order chi connectivity index (χ1) is 18.4. The Bertz CT molecular complexity index is 1570. The Kier molecular flexibility index (Phi) is 5.40. The summed E-state index contributed by atoms with van der Waals surface area (Å²) in [4.78, 5) is 49.6. The van der Waals surface area contributed by atoms with Crippen molar-refractivity contribution in [1.82, 2.24) is 4.90 Å². The second-order valence-electron chi connectivity index (χ2n) is 9.87. The van der Waals surface area contributed by atoms with Gasteiger partial charge in [0.05, 0.1) is 27.6 Å². The molecule has 0 aromatic heterocycles. The van der Waals surface area contributed by atoms with Crippen molar-refractivity contribution in [1.29, 1.82) is 0 Å². The molecule has 0 saturated carbocycles. The standard InChI is InChI=1S/C29H24N6O3/c1-18-7-6-12-23-24(18)28(17-31-23,13-15-32-34-30)29(21-10-4-5-11-22(21)33-27(29)38)14-16-35-25(36)19-8-2-3-9-20(19)26(35)37/h2-12,17H,13-16H2,1H3,(H,33,38)/t28-,29-/m0/s1. The number of para-hydroxylation sites is 1. The zero-order valence-electron chi connectivity index (χ0n) is 20.7. The third-order valence-electron chi connectivity index (χ3n) is 8.16. The van der Waals surface area contributed by atoms with Crippen LogP contribution in [0.3, 0.4) is 0 Å². The van der Waals surface area contributed by atoms with Crippen LogP contribution in [-0.4, -0.2) is 41.9 Å². The highest BCUT2D eigenvalue weighted by atomic mass is 16.2. The maximum atomic E-state index is 14.2. The molecule has 0 radical (unpaired) electrons. The molecule has 0 aliphatic carbocycles. The normalized spacial score (nSPS) is 22.7. The number of azide groups is 1. The van der Waals surface area contributed by atoms with Gasteiger partial charge in [-0.1, -0.05) is 47.6 Å². The number of carbonyl (C=O) groups is 3. The zero-order chi connectivity index (χ0) is 26.5. The van der Waals surface area contributed by atoms with Crippen molar-refractivity contribution in [3.8, 4) is 0 Å². The van der Waals surface area contributed by atoms with E-state index in [1.165, 1.54) is 4.90 Å². The molecule has 188 valence electrons. The van der Waals surface area contributed by atoms with E-state index in [9.17, 15) is 14.4 Å². The lowest BCUT2D eigenvalue weighted by atomic mass is 9.54. The third kappa shape index (κ3) is 3.09. The lowest BCUT2D eigenvalue weighted by Crippen LogP contribution is -2.56. The van der Waals surface area contributed by atoms with Crippen LogP contribution >= 0.6 is 0 Å². The fourth-order valence-corrected chi connectivity index (χ4v) is 6.53. The molecule has 3 aliphatic rings. The van der Waals surface area contributed by atoms with Gasteiger partial charge in [0, 0.05) is 29.9 Å². The van der Waals surface area contributed by atoms with E-state index in [-0.39, 0.29) is 37.2 Å². The number of nitrogens with one attached hydrogen (secondary N) is 1. The quantitative estimate of drug-likeness (QED) is 0.205. The largest absolute Gasteiger partial charge is 0.325 e. The summed E-state index contributed by atoms with van der Waals surface area (Å²) in [6.45, 7) is 2.15. The maximum Gasteiger partial charge on any atom is 0.261 e. The average Bonchev–Trinajstić information content (AvgIpc) is 3.53. The topological polar surface area (TPSA) is 128 Å². The number of aryl methyl sites for hydroxylation is 1. The summed E-state index contributed by atoms with van der Waals surface area (Å²) < 4.78 is 0. The van der Waals surface area contributed by atoms with Crippen LogP contribution in [0.25, 0.3) is 10.4 Å². The van der Waals surface area contributed by atoms with E-state index in [1.807, 2.05) is 55.6 Å². The molecule has 3 heterocycles. The highest BCUT2D eigenvalue weighted by Crippen LogP contribution is 2.58. The number of carbonyl (C=O) groups excluding carboxylic acids is 3. The summed E-state index contributed by atoms with van der Waals surface area (Å²) in [6, 6.07) is 20.1. The second kappa shape index (κ2) is 8.68. The van der Waals surface area contributed by atoms with Crippen molar-refractivity contribution < 1.29 is 14.4 Å². The van der Waals surface area contributed by atoms with Crippen LogP contribution in [0.5, 0.6) is 0 Å². The van der Waals surface area contributed by atoms with Crippen molar-refractivity contribution >= 4 is 35.3 Å². The van der Waals surface area contributed by atoms with E-state index in [2.05, 4.69) is 15.3 Å². The Balaban J connectivity index is 1.53. The van der Waals surface area contributed by atoms with Crippen LogP contribution in [0.4, 0.5) is 11.4 Å². The summed E-state index contributed by atoms with van der Waals surface area (Å²) in [7, 11) is 0. The van der Waals surface area contributed by atoms with Gasteiger partial charge < -0.3 is 5.32 Å². The van der Waals surface area contributed by atoms with Gasteiger partial charge in [0.15, 0.2) is 0 Å². The monoisotopic (exact) mass is 504 g/mol. The highest BCUT2D eigenvalue weighted by molar-refractivity contribution is 6.21. The number of aliphatic imine (C=N–C) groups is 1. The van der Waals surface area contributed by atoms with Crippen LogP contribution < -0.4 is 5.32 Å². The lowest BCUT2D eigenvalue weighted by molar-refractivity contribution is -0.123. The molecular weight excluding hydrogens is 480 g/mol. The first-order valence-corrected chi connectivity index (χ1v) is 12.5. The summed E-state index contributed by atoms with van der Waals surface area (Å²) in [5.41, 5.74) is 11.7.